The highest BCUT2D eigenvalue weighted by Gasteiger charge is 2.32. The van der Waals surface area contributed by atoms with Gasteiger partial charge in [-0.1, -0.05) is 19.9 Å². The van der Waals surface area contributed by atoms with Gasteiger partial charge in [-0.2, -0.15) is 4.31 Å². The van der Waals surface area contributed by atoms with Crippen molar-refractivity contribution >= 4 is 15.9 Å². The normalized spacial score (nSPS) is 28.1. The van der Waals surface area contributed by atoms with Gasteiger partial charge >= 0.3 is 0 Å². The summed E-state index contributed by atoms with van der Waals surface area (Å²) >= 11 is 0. The average Bonchev–Trinajstić information content (AvgIpc) is 2.61. The monoisotopic (exact) mass is 379 g/mol. The summed E-state index contributed by atoms with van der Waals surface area (Å²) in [5, 5.41) is 3.26. The summed E-state index contributed by atoms with van der Waals surface area (Å²) in [4.78, 5) is 14.9. The lowest BCUT2D eigenvalue weighted by molar-refractivity contribution is 0.0655. The summed E-state index contributed by atoms with van der Waals surface area (Å²) in [7, 11) is -3.58. The van der Waals surface area contributed by atoms with Crippen molar-refractivity contribution in [2.24, 2.45) is 11.8 Å². The number of piperazine rings is 1. The number of rotatable bonds is 3. The van der Waals surface area contributed by atoms with Crippen LogP contribution in [0, 0.1) is 11.8 Å². The molecule has 2 fully saturated rings. The van der Waals surface area contributed by atoms with Gasteiger partial charge in [-0.05, 0) is 43.4 Å². The predicted octanol–water partition coefficient (Wildman–Crippen LogP) is 1.79. The average molecular weight is 380 g/mol. The van der Waals surface area contributed by atoms with Crippen molar-refractivity contribution in [2.45, 2.75) is 38.1 Å². The third-order valence-electron chi connectivity index (χ3n) is 5.32. The molecule has 2 unspecified atom stereocenters. The van der Waals surface area contributed by atoms with Gasteiger partial charge < -0.3 is 10.2 Å². The van der Waals surface area contributed by atoms with Gasteiger partial charge in [0, 0.05) is 44.3 Å². The van der Waals surface area contributed by atoms with Crippen LogP contribution in [-0.4, -0.2) is 62.3 Å². The first kappa shape index (κ1) is 19.3. The van der Waals surface area contributed by atoms with E-state index < -0.39 is 10.0 Å². The van der Waals surface area contributed by atoms with Crippen molar-refractivity contribution < 1.29 is 13.2 Å². The summed E-state index contributed by atoms with van der Waals surface area (Å²) in [6.45, 7) is 9.41. The fraction of sp³-hybridized carbons (Fsp3) is 0.632. The Morgan fingerprint density at radius 2 is 1.85 bits per heavy atom. The number of sulfonamides is 1. The van der Waals surface area contributed by atoms with Crippen LogP contribution in [-0.2, 0) is 10.0 Å². The summed E-state index contributed by atoms with van der Waals surface area (Å²) in [6, 6.07) is 6.61. The van der Waals surface area contributed by atoms with Gasteiger partial charge in [0.2, 0.25) is 10.0 Å². The zero-order valence-corrected chi connectivity index (χ0v) is 16.6. The number of benzene rings is 1. The summed E-state index contributed by atoms with van der Waals surface area (Å²) in [6.07, 6.45) is 1.05. The fourth-order valence-electron chi connectivity index (χ4n) is 4.05. The van der Waals surface area contributed by atoms with E-state index in [2.05, 4.69) is 19.2 Å². The second-order valence-corrected chi connectivity index (χ2v) is 9.79. The van der Waals surface area contributed by atoms with Gasteiger partial charge in [0.1, 0.15) is 0 Å². The smallest absolute Gasteiger partial charge is 0.254 e. The number of nitrogens with one attached hydrogen (secondary N) is 1. The maximum atomic E-state index is 13.1. The number of carbonyl (C=O) groups excluding carboxylic acids is 1. The minimum atomic E-state index is -3.58. The van der Waals surface area contributed by atoms with E-state index in [0.717, 1.165) is 19.5 Å². The first-order chi connectivity index (χ1) is 12.3. The summed E-state index contributed by atoms with van der Waals surface area (Å²) < 4.78 is 27.7. The fourth-order valence-corrected chi connectivity index (χ4v) is 5.78. The van der Waals surface area contributed by atoms with E-state index in [0.29, 0.717) is 37.0 Å². The topological polar surface area (TPSA) is 69.7 Å². The number of hydrogen-bond donors (Lipinski definition) is 1. The van der Waals surface area contributed by atoms with Gasteiger partial charge in [-0.15, -0.1) is 0 Å². The Labute approximate surface area is 156 Å². The van der Waals surface area contributed by atoms with E-state index in [1.54, 1.807) is 22.5 Å². The molecule has 144 valence electrons. The second kappa shape index (κ2) is 7.66. The first-order valence-corrected chi connectivity index (χ1v) is 10.8. The molecule has 0 aromatic heterocycles. The minimum Gasteiger partial charge on any atom is -0.333 e. The molecule has 3 rings (SSSR count). The predicted molar refractivity (Wildman–Crippen MR) is 102 cm³/mol. The number of nitrogens with zero attached hydrogens (tertiary/aromatic N) is 2. The highest BCUT2D eigenvalue weighted by molar-refractivity contribution is 7.89. The maximum Gasteiger partial charge on any atom is 0.254 e. The van der Waals surface area contributed by atoms with Crippen LogP contribution < -0.4 is 5.32 Å². The van der Waals surface area contributed by atoms with E-state index in [4.69, 9.17) is 0 Å². The van der Waals surface area contributed by atoms with Crippen LogP contribution in [0.4, 0.5) is 0 Å². The number of piperidine rings is 1. The van der Waals surface area contributed by atoms with E-state index in [9.17, 15) is 13.2 Å². The summed E-state index contributed by atoms with van der Waals surface area (Å²) in [5.41, 5.74) is 0.443. The van der Waals surface area contributed by atoms with Crippen molar-refractivity contribution in [3.63, 3.8) is 0 Å². The molecular weight excluding hydrogens is 350 g/mol. The zero-order chi connectivity index (χ0) is 18.9. The summed E-state index contributed by atoms with van der Waals surface area (Å²) in [5.74, 6) is 0.594. The third-order valence-corrected chi connectivity index (χ3v) is 7.14. The van der Waals surface area contributed by atoms with Gasteiger partial charge in [0.05, 0.1) is 4.90 Å². The Morgan fingerprint density at radius 3 is 2.50 bits per heavy atom. The Kier molecular flexibility index (Phi) is 5.69. The van der Waals surface area contributed by atoms with Crippen molar-refractivity contribution in [3.8, 4) is 0 Å². The van der Waals surface area contributed by atoms with Crippen LogP contribution in [0.15, 0.2) is 29.2 Å². The molecule has 2 aliphatic heterocycles. The Hall–Kier alpha value is -1.44. The van der Waals surface area contributed by atoms with Gasteiger partial charge in [-0.3, -0.25) is 4.79 Å². The molecule has 2 aliphatic rings. The molecule has 0 aliphatic carbocycles. The molecule has 0 spiro atoms. The van der Waals surface area contributed by atoms with Gasteiger partial charge in [-0.25, -0.2) is 8.42 Å². The Bertz CT molecular complexity index is 755. The molecule has 26 heavy (non-hydrogen) atoms. The Morgan fingerprint density at radius 1 is 1.15 bits per heavy atom. The molecule has 7 heteroatoms. The van der Waals surface area contributed by atoms with Crippen LogP contribution in [0.1, 0.15) is 37.6 Å². The SMILES string of the molecule is CC1CC(C)CN(S(=O)(=O)c2cccc(C(=O)N3CCNC[C@@H]3C)c2)C1. The van der Waals surface area contributed by atoms with Crippen molar-refractivity contribution in [1.82, 2.24) is 14.5 Å². The van der Waals surface area contributed by atoms with Crippen molar-refractivity contribution in [1.29, 1.82) is 0 Å². The highest BCUT2D eigenvalue weighted by Crippen LogP contribution is 2.27. The van der Waals surface area contributed by atoms with E-state index >= 15 is 0 Å². The molecule has 1 aromatic rings. The van der Waals surface area contributed by atoms with Crippen LogP contribution in [0.5, 0.6) is 0 Å². The molecule has 1 N–H and O–H groups in total. The quantitative estimate of drug-likeness (QED) is 0.869. The molecule has 1 aromatic carbocycles. The first-order valence-electron chi connectivity index (χ1n) is 9.41. The van der Waals surface area contributed by atoms with Crippen LogP contribution >= 0.6 is 0 Å². The number of amides is 1. The molecule has 0 bridgehead atoms. The van der Waals surface area contributed by atoms with Gasteiger partial charge in [0.15, 0.2) is 0 Å². The van der Waals surface area contributed by atoms with E-state index in [-0.39, 0.29) is 16.8 Å². The molecule has 0 radical (unpaired) electrons. The van der Waals surface area contributed by atoms with E-state index in [1.807, 2.05) is 11.8 Å². The van der Waals surface area contributed by atoms with Crippen LogP contribution in [0.3, 0.4) is 0 Å². The molecule has 2 saturated heterocycles. The van der Waals surface area contributed by atoms with Gasteiger partial charge in [0.25, 0.3) is 5.91 Å². The number of hydrogen-bond acceptors (Lipinski definition) is 4. The van der Waals surface area contributed by atoms with E-state index in [1.165, 1.54) is 6.07 Å². The largest absolute Gasteiger partial charge is 0.333 e. The van der Waals surface area contributed by atoms with Crippen molar-refractivity contribution in [2.75, 3.05) is 32.7 Å². The second-order valence-electron chi connectivity index (χ2n) is 7.85. The molecule has 0 saturated carbocycles. The molecule has 6 nitrogen and oxygen atoms in total. The highest BCUT2D eigenvalue weighted by atomic mass is 32.2. The Balaban J connectivity index is 1.85. The molecule has 3 atom stereocenters. The maximum absolute atomic E-state index is 13.1. The molecular formula is C19H29N3O3S. The lowest BCUT2D eigenvalue weighted by Gasteiger charge is -2.35. The molecule has 1 amide bonds. The minimum absolute atomic E-state index is 0.0975. The lowest BCUT2D eigenvalue weighted by atomic mass is 9.94. The zero-order valence-electron chi connectivity index (χ0n) is 15.8. The molecule has 2 heterocycles. The third kappa shape index (κ3) is 3.94. The number of carbonyl (C=O) groups is 1. The van der Waals surface area contributed by atoms with Crippen LogP contribution in [0.2, 0.25) is 0 Å². The van der Waals surface area contributed by atoms with Crippen LogP contribution in [0.25, 0.3) is 0 Å². The standard InChI is InChI=1S/C19H29N3O3S/c1-14-9-15(2)13-21(12-14)26(24,25)18-6-4-5-17(10-18)19(23)22-8-7-20-11-16(22)3/h4-6,10,14-16,20H,7-9,11-13H2,1-3H3/t14?,15?,16-/m0/s1. The lowest BCUT2D eigenvalue weighted by Crippen LogP contribution is -2.52. The van der Waals surface area contributed by atoms with Crippen molar-refractivity contribution in [3.05, 3.63) is 29.8 Å².